The van der Waals surface area contributed by atoms with Gasteiger partial charge in [-0.1, -0.05) is 23.6 Å². The van der Waals surface area contributed by atoms with Crippen molar-refractivity contribution in [3.05, 3.63) is 56.0 Å². The van der Waals surface area contributed by atoms with Crippen molar-refractivity contribution in [2.75, 3.05) is 5.73 Å². The number of nitrogen functional groups attached to an aromatic ring is 1. The fraction of sp³-hybridized carbons (Fsp3) is 0. The van der Waals surface area contributed by atoms with Gasteiger partial charge in [-0.15, -0.1) is 0 Å². The molecule has 0 saturated heterocycles. The molecule has 1 radical (unpaired) electrons. The van der Waals surface area contributed by atoms with E-state index in [0.717, 1.165) is 27.5 Å². The Morgan fingerprint density at radius 2 is 1.71 bits per heavy atom. The minimum absolute atomic E-state index is 0. The molecule has 3 aromatic rings. The summed E-state index contributed by atoms with van der Waals surface area (Å²) in [5.41, 5.74) is 8.73. The average molecular weight is 349 g/mol. The standard InChI is InChI=1S/C13H9N2.CH3.Pr/c14-13-9-5-1-3-7-11(9)15-12-8-4-2-6-10(12)13;;/h1-3,5-8H,(H2,14,15);1H3;/q2*-1;. The van der Waals surface area contributed by atoms with Crippen LogP contribution in [0, 0.1) is 54.8 Å². The molecule has 83 valence electrons. The predicted octanol–water partition coefficient (Wildman–Crippen LogP) is 3.22. The number of anilines is 1. The van der Waals surface area contributed by atoms with Crippen molar-refractivity contribution in [1.29, 1.82) is 0 Å². The molecule has 0 aliphatic carbocycles. The number of pyridine rings is 1. The van der Waals surface area contributed by atoms with Gasteiger partial charge in [0, 0.05) is 52.4 Å². The van der Waals surface area contributed by atoms with E-state index in [1.165, 1.54) is 0 Å². The molecule has 3 heteroatoms. The second-order valence-corrected chi connectivity index (χ2v) is 3.49. The van der Waals surface area contributed by atoms with E-state index >= 15 is 0 Å². The van der Waals surface area contributed by atoms with Crippen molar-refractivity contribution in [1.82, 2.24) is 4.98 Å². The number of para-hydroxylation sites is 1. The predicted molar refractivity (Wildman–Crippen MR) is 68.9 cm³/mol. The molecule has 0 aliphatic rings. The van der Waals surface area contributed by atoms with Crippen molar-refractivity contribution in [3.63, 3.8) is 0 Å². The molecule has 0 aliphatic heterocycles. The molecule has 0 bridgehead atoms. The molecule has 0 atom stereocenters. The van der Waals surface area contributed by atoms with E-state index in [2.05, 4.69) is 11.1 Å². The van der Waals surface area contributed by atoms with Crippen LogP contribution >= 0.6 is 0 Å². The number of fused-ring (bicyclic) bond motifs is 2. The van der Waals surface area contributed by atoms with E-state index in [1.54, 1.807) is 0 Å². The summed E-state index contributed by atoms with van der Waals surface area (Å²) >= 11 is 0. The first-order chi connectivity index (χ1) is 7.36. The Kier molecular flexibility index (Phi) is 4.84. The number of benzene rings is 2. The number of hydrogen-bond donors (Lipinski definition) is 1. The van der Waals surface area contributed by atoms with Crippen LogP contribution in [0.5, 0.6) is 0 Å². The fourth-order valence-electron chi connectivity index (χ4n) is 1.82. The third-order valence-electron chi connectivity index (χ3n) is 2.57. The van der Waals surface area contributed by atoms with Crippen LogP contribution in [0.15, 0.2) is 42.5 Å². The van der Waals surface area contributed by atoms with E-state index in [9.17, 15) is 0 Å². The quantitative estimate of drug-likeness (QED) is 0.500. The van der Waals surface area contributed by atoms with E-state index in [0.29, 0.717) is 0 Å². The third kappa shape index (κ3) is 2.43. The summed E-state index contributed by atoms with van der Waals surface area (Å²) in [6.45, 7) is 0. The summed E-state index contributed by atoms with van der Waals surface area (Å²) in [7, 11) is 0. The Bertz CT molecular complexity index is 596. The summed E-state index contributed by atoms with van der Waals surface area (Å²) in [6, 6.07) is 16.6. The van der Waals surface area contributed by atoms with Gasteiger partial charge < -0.3 is 18.1 Å². The summed E-state index contributed by atoms with van der Waals surface area (Å²) in [5.74, 6) is 0. The second-order valence-electron chi connectivity index (χ2n) is 3.49. The summed E-state index contributed by atoms with van der Waals surface area (Å²) < 4.78 is 0. The Hall–Kier alpha value is -0.726. The van der Waals surface area contributed by atoms with Gasteiger partial charge in [-0.3, -0.25) is 0 Å². The summed E-state index contributed by atoms with van der Waals surface area (Å²) in [5, 5.41) is 2.00. The number of nitrogens with two attached hydrogens (primary N) is 1. The van der Waals surface area contributed by atoms with Gasteiger partial charge in [0.1, 0.15) is 0 Å². The van der Waals surface area contributed by atoms with E-state index in [1.807, 2.05) is 42.5 Å². The maximum absolute atomic E-state index is 6.10. The van der Waals surface area contributed by atoms with E-state index in [-0.39, 0.29) is 48.7 Å². The molecule has 0 spiro atoms. The van der Waals surface area contributed by atoms with Crippen LogP contribution in [0.3, 0.4) is 0 Å². The summed E-state index contributed by atoms with van der Waals surface area (Å²) in [6.07, 6.45) is 0. The normalized spacial score (nSPS) is 9.65. The van der Waals surface area contributed by atoms with Crippen molar-refractivity contribution >= 4 is 27.5 Å². The SMILES string of the molecule is Nc1c2cc[c-]cc2nc2ccccc12.[CH3-].[Pr]. The number of rotatable bonds is 0. The number of hydrogen-bond acceptors (Lipinski definition) is 2. The summed E-state index contributed by atoms with van der Waals surface area (Å²) in [4.78, 5) is 4.53. The molecule has 1 heterocycles. The van der Waals surface area contributed by atoms with E-state index in [4.69, 9.17) is 5.73 Å². The van der Waals surface area contributed by atoms with Crippen molar-refractivity contribution < 1.29 is 41.3 Å². The van der Waals surface area contributed by atoms with Crippen LogP contribution in [0.2, 0.25) is 0 Å². The minimum atomic E-state index is 0. The topological polar surface area (TPSA) is 38.9 Å². The first-order valence-electron chi connectivity index (χ1n) is 4.80. The molecule has 2 nitrogen and oxygen atoms in total. The Labute approximate surface area is 134 Å². The van der Waals surface area contributed by atoms with Gasteiger partial charge in [-0.25, -0.2) is 0 Å². The van der Waals surface area contributed by atoms with E-state index < -0.39 is 0 Å². The molecule has 17 heavy (non-hydrogen) atoms. The van der Waals surface area contributed by atoms with Crippen molar-refractivity contribution in [2.24, 2.45) is 0 Å². The molecule has 0 fully saturated rings. The molecule has 2 N–H and O–H groups in total. The molecule has 0 amide bonds. The van der Waals surface area contributed by atoms with Gasteiger partial charge in [0.2, 0.25) is 0 Å². The Morgan fingerprint density at radius 3 is 2.53 bits per heavy atom. The zero-order valence-electron chi connectivity index (χ0n) is 9.64. The molecule has 1 aromatic heterocycles. The molecular formula is C14H12N2Pr-2. The third-order valence-corrected chi connectivity index (χ3v) is 2.57. The molecule has 0 saturated carbocycles. The smallest absolute Gasteiger partial charge is 0.0579 e. The van der Waals surface area contributed by atoms with Crippen molar-refractivity contribution in [2.45, 2.75) is 0 Å². The monoisotopic (exact) mass is 349 g/mol. The van der Waals surface area contributed by atoms with Crippen LogP contribution in [0.25, 0.3) is 21.8 Å². The van der Waals surface area contributed by atoms with Crippen LogP contribution in [-0.2, 0) is 0 Å². The van der Waals surface area contributed by atoms with Gasteiger partial charge >= 0.3 is 0 Å². The van der Waals surface area contributed by atoms with Crippen LogP contribution in [-0.4, -0.2) is 4.98 Å². The molecule has 2 aromatic carbocycles. The molecule has 3 rings (SSSR count). The average Bonchev–Trinajstić information content (AvgIpc) is 2.30. The van der Waals surface area contributed by atoms with Crippen LogP contribution < -0.4 is 5.73 Å². The number of aromatic nitrogens is 1. The van der Waals surface area contributed by atoms with Crippen molar-refractivity contribution in [3.8, 4) is 0 Å². The maximum Gasteiger partial charge on any atom is 0.0579 e. The van der Waals surface area contributed by atoms with Crippen LogP contribution in [0.1, 0.15) is 0 Å². The maximum atomic E-state index is 6.10. The molecular weight excluding hydrogens is 337 g/mol. The largest absolute Gasteiger partial charge is 0.399 e. The number of nitrogens with zero attached hydrogens (tertiary/aromatic N) is 1. The second kappa shape index (κ2) is 5.74. The van der Waals surface area contributed by atoms with Gasteiger partial charge in [0.15, 0.2) is 0 Å². The first kappa shape index (κ1) is 14.3. The van der Waals surface area contributed by atoms with Gasteiger partial charge in [-0.2, -0.15) is 24.3 Å². The molecule has 0 unspecified atom stereocenters. The van der Waals surface area contributed by atoms with Crippen LogP contribution in [0.4, 0.5) is 5.69 Å². The minimum Gasteiger partial charge on any atom is -0.399 e. The zero-order valence-corrected chi connectivity index (χ0v) is 13.3. The Morgan fingerprint density at radius 1 is 1.00 bits per heavy atom. The zero-order chi connectivity index (χ0) is 10.3. The fourth-order valence-corrected chi connectivity index (χ4v) is 1.82. The van der Waals surface area contributed by atoms with Gasteiger partial charge in [0.05, 0.1) is 5.52 Å². The van der Waals surface area contributed by atoms with Gasteiger partial charge in [-0.05, 0) is 11.6 Å². The Balaban J connectivity index is 0.000000722. The van der Waals surface area contributed by atoms with Gasteiger partial charge in [0.25, 0.3) is 0 Å². The first-order valence-corrected chi connectivity index (χ1v) is 4.80.